The molecule has 1 aliphatic carbocycles. The summed E-state index contributed by atoms with van der Waals surface area (Å²) in [6.07, 6.45) is 12.0. The zero-order valence-corrected chi connectivity index (χ0v) is 18.3. The van der Waals surface area contributed by atoms with Crippen LogP contribution in [0.4, 0.5) is 0 Å². The Bertz CT molecular complexity index is 945. The van der Waals surface area contributed by atoms with Gasteiger partial charge in [-0.05, 0) is 75.7 Å². The highest BCUT2D eigenvalue weighted by molar-refractivity contribution is 5.99. The lowest BCUT2D eigenvalue weighted by molar-refractivity contribution is -0.133. The maximum Gasteiger partial charge on any atom is 0.343 e. The smallest absolute Gasteiger partial charge is 0.343 e. The standard InChI is InChI=1S/C25H30O6/c1-15(6-4-8-16(2)12-21-23(27)17(3)25(29)31-21)7-5-9-18-13-20(26)22(24(18)28)19-10-11-30-14-19/h7,10-14,16,22,24,27-28H,4-6,8-9H2,1-3H3/b15-7-,21-12+/t16?,22-,24-/m1/s1. The summed E-state index contributed by atoms with van der Waals surface area (Å²) in [6.45, 7) is 5.66. The van der Waals surface area contributed by atoms with Gasteiger partial charge in [-0.25, -0.2) is 4.79 Å². The van der Waals surface area contributed by atoms with Crippen LogP contribution in [0.15, 0.2) is 69.5 Å². The third-order valence-electron chi connectivity index (χ3n) is 5.92. The van der Waals surface area contributed by atoms with Gasteiger partial charge in [0, 0.05) is 5.56 Å². The molecule has 3 rings (SSSR count). The molecule has 6 heteroatoms. The number of carbonyl (C=O) groups excluding carboxylic acids is 2. The molecule has 0 fully saturated rings. The Morgan fingerprint density at radius 2 is 2.10 bits per heavy atom. The van der Waals surface area contributed by atoms with Gasteiger partial charge in [0.2, 0.25) is 0 Å². The summed E-state index contributed by atoms with van der Waals surface area (Å²) in [5.41, 5.74) is 3.00. The first-order valence-electron chi connectivity index (χ1n) is 10.7. The summed E-state index contributed by atoms with van der Waals surface area (Å²) in [6, 6.07) is 1.72. The lowest BCUT2D eigenvalue weighted by Gasteiger charge is -2.14. The molecule has 0 radical (unpaired) electrons. The van der Waals surface area contributed by atoms with Crippen LogP contribution in [0.1, 0.15) is 64.4 Å². The van der Waals surface area contributed by atoms with E-state index >= 15 is 0 Å². The van der Waals surface area contributed by atoms with Gasteiger partial charge in [0.05, 0.1) is 30.1 Å². The van der Waals surface area contributed by atoms with E-state index < -0.39 is 18.0 Å². The van der Waals surface area contributed by atoms with E-state index in [0.29, 0.717) is 12.0 Å². The number of allylic oxidation sites excluding steroid dienone is 4. The first kappa shape index (κ1) is 22.8. The van der Waals surface area contributed by atoms with Crippen molar-refractivity contribution in [1.82, 2.24) is 0 Å². The van der Waals surface area contributed by atoms with Gasteiger partial charge in [-0.15, -0.1) is 0 Å². The maximum atomic E-state index is 12.2. The van der Waals surface area contributed by atoms with Crippen LogP contribution in [0.2, 0.25) is 0 Å². The Morgan fingerprint density at radius 1 is 1.32 bits per heavy atom. The van der Waals surface area contributed by atoms with E-state index in [0.717, 1.165) is 31.3 Å². The summed E-state index contributed by atoms with van der Waals surface area (Å²) in [7, 11) is 0. The first-order valence-corrected chi connectivity index (χ1v) is 10.7. The van der Waals surface area contributed by atoms with Crippen LogP contribution >= 0.6 is 0 Å². The van der Waals surface area contributed by atoms with Crippen molar-refractivity contribution in [2.45, 2.75) is 64.9 Å². The Morgan fingerprint density at radius 3 is 2.74 bits per heavy atom. The van der Waals surface area contributed by atoms with Crippen molar-refractivity contribution in [2.75, 3.05) is 0 Å². The quantitative estimate of drug-likeness (QED) is 0.424. The normalized spacial score (nSPS) is 24.2. The average molecular weight is 427 g/mol. The number of cyclic esters (lactones) is 1. The number of aliphatic hydroxyl groups excluding tert-OH is 2. The molecule has 0 saturated carbocycles. The van der Waals surface area contributed by atoms with Crippen molar-refractivity contribution >= 4 is 11.8 Å². The van der Waals surface area contributed by atoms with Crippen LogP contribution in [-0.2, 0) is 14.3 Å². The van der Waals surface area contributed by atoms with Gasteiger partial charge in [-0.3, -0.25) is 4.79 Å². The monoisotopic (exact) mass is 426 g/mol. The van der Waals surface area contributed by atoms with Gasteiger partial charge in [0.15, 0.2) is 17.3 Å². The molecule has 166 valence electrons. The van der Waals surface area contributed by atoms with E-state index in [2.05, 4.69) is 13.0 Å². The van der Waals surface area contributed by atoms with E-state index in [1.807, 2.05) is 6.92 Å². The van der Waals surface area contributed by atoms with Crippen LogP contribution < -0.4 is 0 Å². The van der Waals surface area contributed by atoms with Gasteiger partial charge in [0.1, 0.15) is 0 Å². The lowest BCUT2D eigenvalue weighted by Crippen LogP contribution is -2.19. The van der Waals surface area contributed by atoms with Crippen LogP contribution in [0, 0.1) is 5.92 Å². The summed E-state index contributed by atoms with van der Waals surface area (Å²) >= 11 is 0. The van der Waals surface area contributed by atoms with Crippen LogP contribution in [-0.4, -0.2) is 28.1 Å². The van der Waals surface area contributed by atoms with Crippen LogP contribution in [0.25, 0.3) is 0 Å². The molecule has 1 aromatic rings. The maximum absolute atomic E-state index is 12.2. The summed E-state index contributed by atoms with van der Waals surface area (Å²) < 4.78 is 10.1. The number of ketones is 1. The van der Waals surface area contributed by atoms with E-state index in [1.165, 1.54) is 18.1 Å². The predicted molar refractivity (Wildman–Crippen MR) is 116 cm³/mol. The Kier molecular flexibility index (Phi) is 7.33. The van der Waals surface area contributed by atoms with E-state index in [9.17, 15) is 19.8 Å². The second kappa shape index (κ2) is 9.96. The molecule has 0 bridgehead atoms. The van der Waals surface area contributed by atoms with Gasteiger partial charge in [-0.2, -0.15) is 0 Å². The molecule has 31 heavy (non-hydrogen) atoms. The molecule has 0 saturated heterocycles. The van der Waals surface area contributed by atoms with Crippen molar-refractivity contribution in [2.24, 2.45) is 5.92 Å². The van der Waals surface area contributed by atoms with Gasteiger partial charge < -0.3 is 19.4 Å². The van der Waals surface area contributed by atoms with E-state index in [1.54, 1.807) is 25.1 Å². The first-order chi connectivity index (χ1) is 14.8. The van der Waals surface area contributed by atoms with Gasteiger partial charge in [0.25, 0.3) is 0 Å². The zero-order chi connectivity index (χ0) is 22.5. The molecule has 2 N–H and O–H groups in total. The van der Waals surface area contributed by atoms with Crippen molar-refractivity contribution in [1.29, 1.82) is 0 Å². The molecular formula is C25H30O6. The highest BCUT2D eigenvalue weighted by atomic mass is 16.6. The SMILES string of the molecule is CC1=C(O)/C(=C\C(C)CCC/C(C)=C\CCC2=CC(=O)[C@@H](c3ccoc3)[C@@H]2O)OC1=O. The number of hydrogen-bond donors (Lipinski definition) is 2. The molecule has 6 nitrogen and oxygen atoms in total. The Labute approximate surface area is 182 Å². The largest absolute Gasteiger partial charge is 0.504 e. The molecule has 1 aliphatic heterocycles. The van der Waals surface area contributed by atoms with Crippen molar-refractivity contribution in [3.63, 3.8) is 0 Å². The Hall–Kier alpha value is -2.86. The fourth-order valence-corrected chi connectivity index (χ4v) is 4.00. The molecule has 0 amide bonds. The zero-order valence-electron chi connectivity index (χ0n) is 18.3. The lowest BCUT2D eigenvalue weighted by atomic mass is 9.93. The molecular weight excluding hydrogens is 396 g/mol. The fourth-order valence-electron chi connectivity index (χ4n) is 4.00. The molecule has 2 aliphatic rings. The highest BCUT2D eigenvalue weighted by Gasteiger charge is 2.36. The number of carbonyl (C=O) groups is 2. The minimum absolute atomic E-state index is 0.0650. The fraction of sp³-hybridized carbons (Fsp3) is 0.440. The van der Waals surface area contributed by atoms with E-state index in [-0.39, 0.29) is 28.8 Å². The third-order valence-corrected chi connectivity index (χ3v) is 5.92. The summed E-state index contributed by atoms with van der Waals surface area (Å²) in [4.78, 5) is 23.7. The molecule has 0 aromatic carbocycles. The second-order valence-electron chi connectivity index (χ2n) is 8.45. The number of aliphatic hydroxyl groups is 2. The molecule has 3 atom stereocenters. The number of furan rings is 1. The molecule has 1 aromatic heterocycles. The van der Waals surface area contributed by atoms with Crippen LogP contribution in [0.5, 0.6) is 0 Å². The molecule has 2 heterocycles. The van der Waals surface area contributed by atoms with E-state index in [4.69, 9.17) is 9.15 Å². The number of hydrogen-bond acceptors (Lipinski definition) is 6. The van der Waals surface area contributed by atoms with Crippen molar-refractivity contribution < 1.29 is 29.0 Å². The summed E-state index contributed by atoms with van der Waals surface area (Å²) in [5, 5.41) is 20.4. The van der Waals surface area contributed by atoms with Crippen molar-refractivity contribution in [3.8, 4) is 0 Å². The minimum atomic E-state index is -0.786. The number of rotatable bonds is 9. The molecule has 0 spiro atoms. The van der Waals surface area contributed by atoms with Gasteiger partial charge >= 0.3 is 5.97 Å². The Balaban J connectivity index is 1.41. The highest BCUT2D eigenvalue weighted by Crippen LogP contribution is 2.34. The minimum Gasteiger partial charge on any atom is -0.504 e. The number of ether oxygens (including phenoxy) is 1. The predicted octanol–water partition coefficient (Wildman–Crippen LogP) is 5.04. The van der Waals surface area contributed by atoms with Crippen molar-refractivity contribution in [3.05, 3.63) is 70.6 Å². The topological polar surface area (TPSA) is 97.0 Å². The summed E-state index contributed by atoms with van der Waals surface area (Å²) in [5.74, 6) is -0.745. The average Bonchev–Trinajstić information content (AvgIpc) is 3.39. The van der Waals surface area contributed by atoms with Gasteiger partial charge in [-0.1, -0.05) is 18.6 Å². The molecule has 1 unspecified atom stereocenters. The van der Waals surface area contributed by atoms with Crippen LogP contribution in [0.3, 0.4) is 0 Å². The third kappa shape index (κ3) is 5.44. The number of esters is 1. The second-order valence-corrected chi connectivity index (χ2v) is 8.45.